The fourth-order valence-corrected chi connectivity index (χ4v) is 2.06. The average Bonchev–Trinajstić information content (AvgIpc) is 2.70. The first-order valence-corrected chi connectivity index (χ1v) is 6.06. The van der Waals surface area contributed by atoms with Crippen LogP contribution in [0.15, 0.2) is 24.4 Å². The van der Waals surface area contributed by atoms with Crippen LogP contribution >= 0.6 is 0 Å². The van der Waals surface area contributed by atoms with Crippen LogP contribution in [0.3, 0.4) is 0 Å². The van der Waals surface area contributed by atoms with Gasteiger partial charge in [-0.3, -0.25) is 4.79 Å². The molecule has 0 aliphatic carbocycles. The van der Waals surface area contributed by atoms with Gasteiger partial charge in [0.15, 0.2) is 5.82 Å². The van der Waals surface area contributed by atoms with E-state index in [-0.39, 0.29) is 17.3 Å². The second-order valence-electron chi connectivity index (χ2n) is 4.65. The molecule has 1 aromatic carbocycles. The first-order valence-electron chi connectivity index (χ1n) is 6.06. The van der Waals surface area contributed by atoms with E-state index in [2.05, 4.69) is 10.4 Å². The Bertz CT molecular complexity index is 669. The van der Waals surface area contributed by atoms with Gasteiger partial charge in [0.2, 0.25) is 5.91 Å². The van der Waals surface area contributed by atoms with Gasteiger partial charge in [-0.15, -0.1) is 0 Å². The summed E-state index contributed by atoms with van der Waals surface area (Å²) in [6, 6.07) is 5.75. The molecule has 0 aliphatic heterocycles. The van der Waals surface area contributed by atoms with E-state index in [1.807, 2.05) is 32.0 Å². The molecule has 0 fully saturated rings. The Morgan fingerprint density at radius 1 is 1.20 bits per heavy atom. The Hall–Kier alpha value is -2.63. The molecule has 104 valence electrons. The van der Waals surface area contributed by atoms with Gasteiger partial charge in [0.05, 0.1) is 11.9 Å². The highest BCUT2D eigenvalue weighted by molar-refractivity contribution is 5.99. The molecule has 0 spiro atoms. The van der Waals surface area contributed by atoms with Crippen molar-refractivity contribution in [3.8, 4) is 5.69 Å². The maximum absolute atomic E-state index is 11.3. The first kappa shape index (κ1) is 13.8. The van der Waals surface area contributed by atoms with Crippen LogP contribution in [0.4, 0.5) is 5.82 Å². The summed E-state index contributed by atoms with van der Waals surface area (Å²) in [6.45, 7) is 5.21. The van der Waals surface area contributed by atoms with E-state index in [4.69, 9.17) is 5.11 Å². The molecular weight excluding hydrogens is 258 g/mol. The quantitative estimate of drug-likeness (QED) is 0.897. The van der Waals surface area contributed by atoms with Gasteiger partial charge < -0.3 is 10.4 Å². The minimum absolute atomic E-state index is 0.0423. The lowest BCUT2D eigenvalue weighted by atomic mass is 10.1. The van der Waals surface area contributed by atoms with Crippen LogP contribution in [-0.2, 0) is 4.79 Å². The minimum atomic E-state index is -1.13. The van der Waals surface area contributed by atoms with E-state index in [9.17, 15) is 9.59 Å². The lowest BCUT2D eigenvalue weighted by Gasteiger charge is -2.10. The average molecular weight is 273 g/mol. The van der Waals surface area contributed by atoms with Crippen molar-refractivity contribution in [2.45, 2.75) is 20.8 Å². The van der Waals surface area contributed by atoms with Gasteiger partial charge in [-0.05, 0) is 37.1 Å². The van der Waals surface area contributed by atoms with Crippen LogP contribution < -0.4 is 5.32 Å². The summed E-state index contributed by atoms with van der Waals surface area (Å²) in [7, 11) is 0. The highest BCUT2D eigenvalue weighted by Crippen LogP contribution is 2.22. The minimum Gasteiger partial charge on any atom is -0.477 e. The molecule has 2 rings (SSSR count). The van der Waals surface area contributed by atoms with Crippen molar-refractivity contribution >= 4 is 17.7 Å². The standard InChI is InChI=1S/C14H15N3O3/c1-8-4-9(2)6-11(5-8)17-13(16-10(3)18)12(7-15-17)14(19)20/h4-7H,1-3H3,(H,16,18)(H,19,20). The molecule has 1 aromatic heterocycles. The highest BCUT2D eigenvalue weighted by atomic mass is 16.4. The normalized spacial score (nSPS) is 10.3. The summed E-state index contributed by atoms with van der Waals surface area (Å²) in [6.07, 6.45) is 1.23. The van der Waals surface area contributed by atoms with E-state index < -0.39 is 5.97 Å². The molecule has 20 heavy (non-hydrogen) atoms. The maximum Gasteiger partial charge on any atom is 0.341 e. The second-order valence-corrected chi connectivity index (χ2v) is 4.65. The van der Waals surface area contributed by atoms with E-state index in [0.29, 0.717) is 5.69 Å². The number of anilines is 1. The topological polar surface area (TPSA) is 84.2 Å². The molecule has 1 amide bonds. The van der Waals surface area contributed by atoms with Gasteiger partial charge >= 0.3 is 5.97 Å². The number of rotatable bonds is 3. The van der Waals surface area contributed by atoms with E-state index >= 15 is 0 Å². The van der Waals surface area contributed by atoms with Crippen molar-refractivity contribution in [1.82, 2.24) is 9.78 Å². The Morgan fingerprint density at radius 2 is 1.80 bits per heavy atom. The summed E-state index contributed by atoms with van der Waals surface area (Å²) in [4.78, 5) is 22.4. The summed E-state index contributed by atoms with van der Waals surface area (Å²) in [5, 5.41) is 15.7. The van der Waals surface area contributed by atoms with Crippen molar-refractivity contribution in [2.75, 3.05) is 5.32 Å². The van der Waals surface area contributed by atoms with Crippen molar-refractivity contribution in [1.29, 1.82) is 0 Å². The van der Waals surface area contributed by atoms with Gasteiger partial charge in [0.25, 0.3) is 0 Å². The zero-order valence-corrected chi connectivity index (χ0v) is 11.5. The summed E-state index contributed by atoms with van der Waals surface area (Å²) >= 11 is 0. The van der Waals surface area contributed by atoms with E-state index in [0.717, 1.165) is 11.1 Å². The van der Waals surface area contributed by atoms with Crippen LogP contribution in [0.25, 0.3) is 5.69 Å². The predicted octanol–water partition coefficient (Wildman–Crippen LogP) is 2.15. The first-order chi connectivity index (χ1) is 9.38. The number of aromatic nitrogens is 2. The van der Waals surface area contributed by atoms with Crippen LogP contribution in [0.2, 0.25) is 0 Å². The fourth-order valence-electron chi connectivity index (χ4n) is 2.06. The lowest BCUT2D eigenvalue weighted by molar-refractivity contribution is -0.114. The number of aryl methyl sites for hydroxylation is 2. The molecule has 2 aromatic rings. The third-order valence-electron chi connectivity index (χ3n) is 2.75. The van der Waals surface area contributed by atoms with Gasteiger partial charge in [0, 0.05) is 6.92 Å². The summed E-state index contributed by atoms with van der Waals surface area (Å²) in [5.74, 6) is -1.32. The van der Waals surface area contributed by atoms with Gasteiger partial charge in [-0.25, -0.2) is 9.48 Å². The van der Waals surface area contributed by atoms with E-state index in [1.54, 1.807) is 0 Å². The lowest BCUT2D eigenvalue weighted by Crippen LogP contribution is -2.14. The zero-order chi connectivity index (χ0) is 14.9. The molecule has 0 atom stereocenters. The van der Waals surface area contributed by atoms with Crippen molar-refractivity contribution in [3.63, 3.8) is 0 Å². The molecule has 0 saturated carbocycles. The van der Waals surface area contributed by atoms with Crippen LogP contribution in [-0.4, -0.2) is 26.8 Å². The van der Waals surface area contributed by atoms with Gasteiger partial charge in [0.1, 0.15) is 5.56 Å². The second kappa shape index (κ2) is 5.16. The predicted molar refractivity (Wildman–Crippen MR) is 74.3 cm³/mol. The number of hydrogen-bond acceptors (Lipinski definition) is 3. The Morgan fingerprint density at radius 3 is 2.30 bits per heavy atom. The smallest absolute Gasteiger partial charge is 0.341 e. The van der Waals surface area contributed by atoms with E-state index in [1.165, 1.54) is 17.8 Å². The molecule has 0 saturated heterocycles. The monoisotopic (exact) mass is 273 g/mol. The Labute approximate surface area is 116 Å². The number of aromatic carboxylic acids is 1. The largest absolute Gasteiger partial charge is 0.477 e. The number of carboxylic acids is 1. The van der Waals surface area contributed by atoms with Crippen molar-refractivity contribution < 1.29 is 14.7 Å². The number of carbonyl (C=O) groups excluding carboxylic acids is 1. The molecule has 6 heteroatoms. The molecule has 1 heterocycles. The number of carboxylic acid groups (broad SMARTS) is 1. The van der Waals surface area contributed by atoms with Crippen LogP contribution in [0.5, 0.6) is 0 Å². The number of amides is 1. The van der Waals surface area contributed by atoms with Crippen LogP contribution in [0.1, 0.15) is 28.4 Å². The molecule has 0 bridgehead atoms. The van der Waals surface area contributed by atoms with Crippen molar-refractivity contribution in [3.05, 3.63) is 41.1 Å². The molecule has 2 N–H and O–H groups in total. The Kier molecular flexibility index (Phi) is 3.56. The van der Waals surface area contributed by atoms with Crippen LogP contribution in [0, 0.1) is 13.8 Å². The molecular formula is C14H15N3O3. The number of hydrogen-bond donors (Lipinski definition) is 2. The SMILES string of the molecule is CC(=O)Nc1c(C(=O)O)cnn1-c1cc(C)cc(C)c1. The number of carbonyl (C=O) groups is 2. The maximum atomic E-state index is 11.3. The summed E-state index contributed by atoms with van der Waals surface area (Å²) < 4.78 is 1.42. The molecule has 6 nitrogen and oxygen atoms in total. The number of nitrogens with one attached hydrogen (secondary N) is 1. The zero-order valence-electron chi connectivity index (χ0n) is 11.5. The fraction of sp³-hybridized carbons (Fsp3) is 0.214. The molecule has 0 radical (unpaired) electrons. The van der Waals surface area contributed by atoms with Gasteiger partial charge in [-0.1, -0.05) is 6.07 Å². The third kappa shape index (κ3) is 2.69. The van der Waals surface area contributed by atoms with Crippen molar-refractivity contribution in [2.24, 2.45) is 0 Å². The number of nitrogens with zero attached hydrogens (tertiary/aromatic N) is 2. The molecule has 0 unspecified atom stereocenters. The Balaban J connectivity index is 2.61. The van der Waals surface area contributed by atoms with Gasteiger partial charge in [-0.2, -0.15) is 5.10 Å². The molecule has 0 aliphatic rings. The third-order valence-corrected chi connectivity index (χ3v) is 2.75. The number of benzene rings is 1. The highest BCUT2D eigenvalue weighted by Gasteiger charge is 2.18. The summed E-state index contributed by atoms with van der Waals surface area (Å²) in [5.41, 5.74) is 2.72.